The summed E-state index contributed by atoms with van der Waals surface area (Å²) in [6, 6.07) is 8.24. The van der Waals surface area contributed by atoms with Crippen molar-refractivity contribution in [2.75, 3.05) is 14.2 Å². The summed E-state index contributed by atoms with van der Waals surface area (Å²) in [4.78, 5) is 12.7. The summed E-state index contributed by atoms with van der Waals surface area (Å²) in [6.07, 6.45) is 3.41. The lowest BCUT2D eigenvalue weighted by atomic mass is 10.2. The Labute approximate surface area is 116 Å². The average molecular weight is 270 g/mol. The molecule has 0 atom stereocenters. The van der Waals surface area contributed by atoms with Crippen LogP contribution in [-0.4, -0.2) is 33.7 Å². The molecular formula is C14H14N4O2. The van der Waals surface area contributed by atoms with Crippen LogP contribution in [0.25, 0.3) is 11.2 Å². The fraction of sp³-hybridized carbons (Fsp3) is 0.214. The molecule has 0 fully saturated rings. The number of imidazole rings is 1. The van der Waals surface area contributed by atoms with Gasteiger partial charge in [0.25, 0.3) is 0 Å². The molecule has 3 rings (SSSR count). The second-order valence-electron chi connectivity index (χ2n) is 4.29. The maximum atomic E-state index is 5.15. The maximum absolute atomic E-state index is 5.15. The normalized spacial score (nSPS) is 10.7. The first-order valence-corrected chi connectivity index (χ1v) is 6.15. The summed E-state index contributed by atoms with van der Waals surface area (Å²) in [5.41, 5.74) is 2.65. The topological polar surface area (TPSA) is 62.1 Å². The van der Waals surface area contributed by atoms with E-state index in [1.807, 2.05) is 28.8 Å². The van der Waals surface area contributed by atoms with E-state index in [2.05, 4.69) is 15.0 Å². The van der Waals surface area contributed by atoms with Crippen molar-refractivity contribution in [3.63, 3.8) is 0 Å². The Morgan fingerprint density at radius 1 is 1.05 bits per heavy atom. The lowest BCUT2D eigenvalue weighted by Crippen LogP contribution is -2.00. The largest absolute Gasteiger partial charge is 0.497 e. The molecule has 20 heavy (non-hydrogen) atoms. The average Bonchev–Trinajstić information content (AvgIpc) is 2.90. The van der Waals surface area contributed by atoms with Crippen molar-refractivity contribution >= 4 is 11.2 Å². The number of hydrogen-bond donors (Lipinski definition) is 0. The number of methoxy groups -OCH3 is 2. The molecule has 0 aliphatic heterocycles. The third-order valence-corrected chi connectivity index (χ3v) is 3.03. The van der Waals surface area contributed by atoms with Crippen LogP contribution in [0.4, 0.5) is 0 Å². The summed E-state index contributed by atoms with van der Waals surface area (Å²) in [7, 11) is 3.20. The fourth-order valence-electron chi connectivity index (χ4n) is 1.98. The van der Waals surface area contributed by atoms with Gasteiger partial charge in [-0.15, -0.1) is 0 Å². The van der Waals surface area contributed by atoms with E-state index in [0.717, 1.165) is 22.5 Å². The van der Waals surface area contributed by atoms with Gasteiger partial charge in [0, 0.05) is 0 Å². The molecule has 0 aliphatic carbocycles. The van der Waals surface area contributed by atoms with Crippen molar-refractivity contribution in [1.82, 2.24) is 19.5 Å². The quantitative estimate of drug-likeness (QED) is 0.724. The van der Waals surface area contributed by atoms with Crippen LogP contribution in [0.2, 0.25) is 0 Å². The Kier molecular flexibility index (Phi) is 3.20. The number of hydrogen-bond acceptors (Lipinski definition) is 5. The predicted octanol–water partition coefficient (Wildman–Crippen LogP) is 1.89. The highest BCUT2D eigenvalue weighted by molar-refractivity contribution is 5.69. The standard InChI is InChI=1S/C14H14N4O2/c1-19-11-5-3-10(4-6-11)8-18-9-16-12-7-15-14(20-2)17-13(12)18/h3-7,9H,8H2,1-2H3. The molecule has 0 amide bonds. The van der Waals surface area contributed by atoms with Gasteiger partial charge in [-0.25, -0.2) is 9.97 Å². The number of ether oxygens (including phenoxy) is 2. The maximum Gasteiger partial charge on any atom is 0.318 e. The molecule has 0 saturated carbocycles. The van der Waals surface area contributed by atoms with Crippen LogP contribution >= 0.6 is 0 Å². The van der Waals surface area contributed by atoms with Crippen molar-refractivity contribution in [1.29, 1.82) is 0 Å². The first-order valence-electron chi connectivity index (χ1n) is 6.15. The number of aromatic nitrogens is 4. The number of rotatable bonds is 4. The summed E-state index contributed by atoms with van der Waals surface area (Å²) in [5.74, 6) is 0.841. The highest BCUT2D eigenvalue weighted by Crippen LogP contribution is 2.16. The molecule has 0 bridgehead atoms. The van der Waals surface area contributed by atoms with E-state index in [0.29, 0.717) is 12.6 Å². The predicted molar refractivity (Wildman–Crippen MR) is 74.0 cm³/mol. The minimum atomic E-state index is 0.342. The zero-order valence-electron chi connectivity index (χ0n) is 11.3. The van der Waals surface area contributed by atoms with E-state index in [-0.39, 0.29) is 0 Å². The molecule has 0 N–H and O–H groups in total. The number of fused-ring (bicyclic) bond motifs is 1. The molecule has 3 aromatic rings. The van der Waals surface area contributed by atoms with E-state index in [1.54, 1.807) is 26.7 Å². The van der Waals surface area contributed by atoms with Gasteiger partial charge in [-0.2, -0.15) is 4.98 Å². The van der Waals surface area contributed by atoms with Crippen LogP contribution in [0.5, 0.6) is 11.8 Å². The van der Waals surface area contributed by atoms with Crippen molar-refractivity contribution in [2.24, 2.45) is 0 Å². The second kappa shape index (κ2) is 5.16. The number of benzene rings is 1. The Morgan fingerprint density at radius 2 is 1.85 bits per heavy atom. The third-order valence-electron chi connectivity index (χ3n) is 3.03. The molecule has 102 valence electrons. The molecule has 0 unspecified atom stereocenters. The summed E-state index contributed by atoms with van der Waals surface area (Å²) in [5, 5.41) is 0. The lowest BCUT2D eigenvalue weighted by Gasteiger charge is -2.05. The van der Waals surface area contributed by atoms with Crippen LogP contribution in [0.1, 0.15) is 5.56 Å². The highest BCUT2D eigenvalue weighted by atomic mass is 16.5. The van der Waals surface area contributed by atoms with Crippen LogP contribution in [0, 0.1) is 0 Å². The lowest BCUT2D eigenvalue weighted by molar-refractivity contribution is 0.381. The molecule has 2 heterocycles. The Morgan fingerprint density at radius 3 is 2.55 bits per heavy atom. The smallest absolute Gasteiger partial charge is 0.318 e. The Balaban J connectivity index is 1.93. The molecule has 6 heteroatoms. The van der Waals surface area contributed by atoms with E-state index in [1.165, 1.54) is 0 Å². The minimum absolute atomic E-state index is 0.342. The molecule has 0 saturated heterocycles. The third kappa shape index (κ3) is 2.27. The Bertz CT molecular complexity index is 722. The monoisotopic (exact) mass is 270 g/mol. The van der Waals surface area contributed by atoms with Crippen LogP contribution in [-0.2, 0) is 6.54 Å². The molecule has 0 radical (unpaired) electrons. The van der Waals surface area contributed by atoms with Crippen molar-refractivity contribution < 1.29 is 9.47 Å². The fourth-order valence-corrected chi connectivity index (χ4v) is 1.98. The van der Waals surface area contributed by atoms with Gasteiger partial charge in [-0.3, -0.25) is 0 Å². The van der Waals surface area contributed by atoms with Gasteiger partial charge >= 0.3 is 6.01 Å². The summed E-state index contributed by atoms with van der Waals surface area (Å²) < 4.78 is 12.2. The van der Waals surface area contributed by atoms with Crippen LogP contribution in [0.3, 0.4) is 0 Å². The first kappa shape index (κ1) is 12.4. The molecule has 2 aromatic heterocycles. The van der Waals surface area contributed by atoms with Crippen LogP contribution in [0.15, 0.2) is 36.8 Å². The number of nitrogens with zero attached hydrogens (tertiary/aromatic N) is 4. The van der Waals surface area contributed by atoms with Gasteiger partial charge in [0.15, 0.2) is 5.65 Å². The van der Waals surface area contributed by atoms with E-state index in [4.69, 9.17) is 9.47 Å². The van der Waals surface area contributed by atoms with Crippen molar-refractivity contribution in [3.05, 3.63) is 42.4 Å². The van der Waals surface area contributed by atoms with Gasteiger partial charge in [0.05, 0.1) is 33.3 Å². The van der Waals surface area contributed by atoms with Gasteiger partial charge in [-0.1, -0.05) is 12.1 Å². The van der Waals surface area contributed by atoms with Crippen molar-refractivity contribution in [3.8, 4) is 11.8 Å². The van der Waals surface area contributed by atoms with E-state index in [9.17, 15) is 0 Å². The summed E-state index contributed by atoms with van der Waals surface area (Å²) >= 11 is 0. The Hall–Kier alpha value is -2.63. The van der Waals surface area contributed by atoms with Gasteiger partial charge < -0.3 is 14.0 Å². The van der Waals surface area contributed by atoms with Gasteiger partial charge in [-0.05, 0) is 17.7 Å². The van der Waals surface area contributed by atoms with Gasteiger partial charge in [0.1, 0.15) is 11.3 Å². The highest BCUT2D eigenvalue weighted by Gasteiger charge is 2.07. The van der Waals surface area contributed by atoms with Crippen molar-refractivity contribution in [2.45, 2.75) is 6.54 Å². The molecular weight excluding hydrogens is 256 g/mol. The zero-order valence-corrected chi connectivity index (χ0v) is 11.3. The minimum Gasteiger partial charge on any atom is -0.497 e. The first-order chi connectivity index (χ1) is 9.80. The van der Waals surface area contributed by atoms with Gasteiger partial charge in [0.2, 0.25) is 0 Å². The molecule has 1 aromatic carbocycles. The van der Waals surface area contributed by atoms with Crippen LogP contribution < -0.4 is 9.47 Å². The van der Waals surface area contributed by atoms with E-state index < -0.39 is 0 Å². The second-order valence-corrected chi connectivity index (χ2v) is 4.29. The van der Waals surface area contributed by atoms with E-state index >= 15 is 0 Å². The molecule has 0 spiro atoms. The SMILES string of the molecule is COc1ccc(Cn2cnc3cnc(OC)nc32)cc1. The summed E-state index contributed by atoms with van der Waals surface area (Å²) in [6.45, 7) is 0.681. The molecule has 6 nitrogen and oxygen atoms in total. The zero-order chi connectivity index (χ0) is 13.9. The molecule has 0 aliphatic rings.